The molecule has 0 radical (unpaired) electrons. The van der Waals surface area contributed by atoms with E-state index >= 15 is 0 Å². The van der Waals surface area contributed by atoms with E-state index in [0.29, 0.717) is 29.4 Å². The highest BCUT2D eigenvalue weighted by Gasteiger charge is 2.34. The van der Waals surface area contributed by atoms with Crippen LogP contribution in [0.2, 0.25) is 5.02 Å². The maximum atomic E-state index is 12.6. The van der Waals surface area contributed by atoms with Gasteiger partial charge in [-0.3, -0.25) is 4.79 Å². The van der Waals surface area contributed by atoms with Gasteiger partial charge < -0.3 is 14.4 Å². The quantitative estimate of drug-likeness (QED) is 0.134. The number of halogens is 1. The molecule has 0 aliphatic rings. The summed E-state index contributed by atoms with van der Waals surface area (Å²) >= 11 is 9.50. The molecule has 0 fully saturated rings. The van der Waals surface area contributed by atoms with Gasteiger partial charge in [0.05, 0.1) is 23.4 Å². The molecule has 2 aromatic heterocycles. The molecule has 10 heteroatoms. The normalized spacial score (nSPS) is 11.9. The van der Waals surface area contributed by atoms with Crippen molar-refractivity contribution in [2.24, 2.45) is 0 Å². The molecular formula is C27H40ClN3O4S2. The second-order valence-electron chi connectivity index (χ2n) is 10.4. The van der Waals surface area contributed by atoms with Crippen LogP contribution in [0.3, 0.4) is 0 Å². The average molecular weight is 570 g/mol. The van der Waals surface area contributed by atoms with Crippen molar-refractivity contribution in [1.29, 1.82) is 0 Å². The standard InChI is InChI=1S/C27H40ClN3O4S2/c1-8-9-10-11-12-14-31(22-21(28)16-19(17-29-22)23(32)34-7)15-13-20-18-36-25(30-20)37-27(5,6)24(33)35-26(2,3)4/h16-18H,8-15H2,1-7H3. The Hall–Kier alpha value is -1.84. The molecule has 0 amide bonds. The van der Waals surface area contributed by atoms with Crippen LogP contribution in [0.5, 0.6) is 0 Å². The molecule has 0 saturated carbocycles. The zero-order valence-corrected chi connectivity index (χ0v) is 25.4. The third-order valence-corrected chi connectivity index (χ3v) is 7.92. The van der Waals surface area contributed by atoms with E-state index in [1.807, 2.05) is 40.0 Å². The molecule has 0 N–H and O–H groups in total. The molecule has 0 aliphatic heterocycles. The molecular weight excluding hydrogens is 530 g/mol. The number of hydrogen-bond acceptors (Lipinski definition) is 9. The number of carbonyl (C=O) groups excluding carboxylic acids is 2. The van der Waals surface area contributed by atoms with Crippen LogP contribution in [0, 0.1) is 0 Å². The highest BCUT2D eigenvalue weighted by Crippen LogP contribution is 2.36. The van der Waals surface area contributed by atoms with E-state index in [2.05, 4.69) is 16.8 Å². The number of nitrogens with zero attached hydrogens (tertiary/aromatic N) is 3. The van der Waals surface area contributed by atoms with E-state index in [1.54, 1.807) is 6.07 Å². The molecule has 0 aromatic carbocycles. The van der Waals surface area contributed by atoms with Crippen LogP contribution in [0.1, 0.15) is 89.7 Å². The van der Waals surface area contributed by atoms with Crippen LogP contribution < -0.4 is 4.90 Å². The molecule has 0 unspecified atom stereocenters. The van der Waals surface area contributed by atoms with Crippen molar-refractivity contribution in [1.82, 2.24) is 9.97 Å². The van der Waals surface area contributed by atoms with Gasteiger partial charge in [0.2, 0.25) is 0 Å². The molecule has 0 bridgehead atoms. The molecule has 37 heavy (non-hydrogen) atoms. The number of thioether (sulfide) groups is 1. The lowest BCUT2D eigenvalue weighted by Gasteiger charge is -2.27. The fourth-order valence-corrected chi connectivity index (χ4v) is 6.03. The van der Waals surface area contributed by atoms with Gasteiger partial charge in [-0.25, -0.2) is 14.8 Å². The monoisotopic (exact) mass is 569 g/mol. The van der Waals surface area contributed by atoms with Crippen molar-refractivity contribution in [3.63, 3.8) is 0 Å². The van der Waals surface area contributed by atoms with E-state index in [4.69, 9.17) is 26.1 Å². The average Bonchev–Trinajstić information content (AvgIpc) is 3.26. The van der Waals surface area contributed by atoms with Crippen molar-refractivity contribution in [2.45, 2.75) is 94.8 Å². The first-order chi connectivity index (χ1) is 17.4. The highest BCUT2D eigenvalue weighted by molar-refractivity contribution is 8.03. The summed E-state index contributed by atoms with van der Waals surface area (Å²) in [5.74, 6) is -0.0679. The van der Waals surface area contributed by atoms with Crippen molar-refractivity contribution in [3.05, 3.63) is 33.9 Å². The van der Waals surface area contributed by atoms with E-state index in [0.717, 1.165) is 29.4 Å². The molecule has 2 rings (SSSR count). The molecule has 2 heterocycles. The number of esters is 2. The van der Waals surface area contributed by atoms with Crippen LogP contribution in [-0.4, -0.2) is 52.5 Å². The minimum Gasteiger partial charge on any atom is -0.465 e. The van der Waals surface area contributed by atoms with Gasteiger partial charge in [-0.1, -0.05) is 56.0 Å². The van der Waals surface area contributed by atoms with Crippen molar-refractivity contribution >= 4 is 52.5 Å². The first-order valence-corrected chi connectivity index (χ1v) is 14.8. The SMILES string of the molecule is CCCCCCCN(CCc1csc(SC(C)(C)C(=O)OC(C)(C)C)n1)c1ncc(C(=O)OC)cc1Cl. The van der Waals surface area contributed by atoms with Gasteiger partial charge in [0.15, 0.2) is 4.34 Å². The van der Waals surface area contributed by atoms with Gasteiger partial charge in [0.25, 0.3) is 0 Å². The lowest BCUT2D eigenvalue weighted by molar-refractivity contribution is -0.156. The Kier molecular flexibility index (Phi) is 12.2. The Bertz CT molecular complexity index is 1040. The highest BCUT2D eigenvalue weighted by atomic mass is 35.5. The smallest absolute Gasteiger partial charge is 0.339 e. The third kappa shape index (κ3) is 10.4. The molecule has 0 spiro atoms. The Morgan fingerprint density at radius 2 is 1.81 bits per heavy atom. The molecule has 0 aliphatic carbocycles. The number of unbranched alkanes of at least 4 members (excludes halogenated alkanes) is 4. The summed E-state index contributed by atoms with van der Waals surface area (Å²) < 4.78 is 10.4. The van der Waals surface area contributed by atoms with Gasteiger partial charge in [-0.2, -0.15) is 0 Å². The Morgan fingerprint density at radius 1 is 1.11 bits per heavy atom. The summed E-state index contributed by atoms with van der Waals surface area (Å²) in [6.45, 7) is 13.0. The van der Waals surface area contributed by atoms with Crippen molar-refractivity contribution < 1.29 is 19.1 Å². The number of aromatic nitrogens is 2. The number of rotatable bonds is 14. The number of methoxy groups -OCH3 is 1. The minimum atomic E-state index is -0.744. The second-order valence-corrected chi connectivity index (χ2v) is 13.5. The summed E-state index contributed by atoms with van der Waals surface area (Å²) in [4.78, 5) is 35.9. The van der Waals surface area contributed by atoms with Crippen LogP contribution >= 0.6 is 34.7 Å². The Balaban J connectivity index is 2.09. The van der Waals surface area contributed by atoms with Crippen LogP contribution in [0.25, 0.3) is 0 Å². The van der Waals surface area contributed by atoms with Gasteiger partial charge >= 0.3 is 11.9 Å². The minimum absolute atomic E-state index is 0.257. The first kappa shape index (κ1) is 31.4. The fourth-order valence-electron chi connectivity index (χ4n) is 3.48. The number of thiazole rings is 1. The fraction of sp³-hybridized carbons (Fsp3) is 0.630. The lowest BCUT2D eigenvalue weighted by Crippen LogP contribution is -2.36. The van der Waals surface area contributed by atoms with Crippen LogP contribution in [0.15, 0.2) is 22.0 Å². The largest absolute Gasteiger partial charge is 0.465 e. The predicted molar refractivity (Wildman–Crippen MR) is 153 cm³/mol. The van der Waals surface area contributed by atoms with E-state index < -0.39 is 16.3 Å². The van der Waals surface area contributed by atoms with Gasteiger partial charge in [0, 0.05) is 31.1 Å². The van der Waals surface area contributed by atoms with Crippen molar-refractivity contribution in [2.75, 3.05) is 25.1 Å². The van der Waals surface area contributed by atoms with Gasteiger partial charge in [-0.05, 0) is 47.1 Å². The number of anilines is 1. The van der Waals surface area contributed by atoms with E-state index in [1.165, 1.54) is 55.7 Å². The summed E-state index contributed by atoms with van der Waals surface area (Å²) in [5.41, 5.74) is 0.742. The maximum Gasteiger partial charge on any atom is 0.339 e. The number of pyridine rings is 1. The van der Waals surface area contributed by atoms with E-state index in [-0.39, 0.29) is 5.97 Å². The summed E-state index contributed by atoms with van der Waals surface area (Å²) in [7, 11) is 1.34. The summed E-state index contributed by atoms with van der Waals surface area (Å²) in [5, 5.41) is 2.45. The molecule has 0 atom stereocenters. The number of ether oxygens (including phenoxy) is 2. The topological polar surface area (TPSA) is 81.6 Å². The third-order valence-electron chi connectivity index (χ3n) is 5.48. The van der Waals surface area contributed by atoms with Crippen LogP contribution in [0.4, 0.5) is 5.82 Å². The maximum absolute atomic E-state index is 12.6. The lowest BCUT2D eigenvalue weighted by atomic mass is 10.1. The second kappa shape index (κ2) is 14.4. The molecule has 7 nitrogen and oxygen atoms in total. The Labute approximate surface area is 234 Å². The zero-order valence-electron chi connectivity index (χ0n) is 23.1. The van der Waals surface area contributed by atoms with Crippen LogP contribution in [-0.2, 0) is 20.7 Å². The zero-order chi connectivity index (χ0) is 27.6. The Morgan fingerprint density at radius 3 is 2.43 bits per heavy atom. The van der Waals surface area contributed by atoms with E-state index in [9.17, 15) is 9.59 Å². The summed E-state index contributed by atoms with van der Waals surface area (Å²) in [6.07, 6.45) is 8.00. The van der Waals surface area contributed by atoms with Gasteiger partial charge in [-0.15, -0.1) is 11.3 Å². The number of carbonyl (C=O) groups is 2. The number of hydrogen-bond donors (Lipinski definition) is 0. The summed E-state index contributed by atoms with van der Waals surface area (Å²) in [6, 6.07) is 1.61. The van der Waals surface area contributed by atoms with Gasteiger partial charge in [0.1, 0.15) is 16.2 Å². The molecule has 2 aromatic rings. The first-order valence-electron chi connectivity index (χ1n) is 12.7. The molecule has 206 valence electrons. The predicted octanol–water partition coefficient (Wildman–Crippen LogP) is 7.21. The van der Waals surface area contributed by atoms with Crippen molar-refractivity contribution in [3.8, 4) is 0 Å². The molecule has 0 saturated heterocycles.